The van der Waals surface area contributed by atoms with E-state index in [1.807, 2.05) is 6.07 Å². The highest BCUT2D eigenvalue weighted by Gasteiger charge is 2.05. The number of rotatable bonds is 4. The summed E-state index contributed by atoms with van der Waals surface area (Å²) in [5.74, 6) is 0.724. The maximum absolute atomic E-state index is 12.9. The Balaban J connectivity index is 2.24. The summed E-state index contributed by atoms with van der Waals surface area (Å²) < 4.78 is 23.3. The molecule has 2 aromatic rings. The first kappa shape index (κ1) is 12.2. The first-order valence-electron chi connectivity index (χ1n) is 5.33. The fourth-order valence-corrected chi connectivity index (χ4v) is 1.56. The zero-order chi connectivity index (χ0) is 13.0. The van der Waals surface area contributed by atoms with E-state index in [4.69, 9.17) is 9.47 Å². The molecule has 0 aliphatic carbocycles. The summed E-state index contributed by atoms with van der Waals surface area (Å²) >= 11 is 0. The molecule has 18 heavy (non-hydrogen) atoms. The standard InChI is InChI=1S/C13H13FN2O2/c1-17-11-4-3-9(7-12(11)18-2)16-10-5-6-15-13(14)8-10/h3-8H,1-2H3,(H,15,16). The van der Waals surface area contributed by atoms with Crippen LogP contribution in [0.5, 0.6) is 11.5 Å². The molecule has 0 spiro atoms. The first-order valence-corrected chi connectivity index (χ1v) is 5.33. The van der Waals surface area contributed by atoms with E-state index in [-0.39, 0.29) is 0 Å². The van der Waals surface area contributed by atoms with Crippen molar-refractivity contribution in [1.29, 1.82) is 0 Å². The number of halogens is 1. The summed E-state index contributed by atoms with van der Waals surface area (Å²) in [5.41, 5.74) is 1.40. The molecule has 0 aliphatic heterocycles. The summed E-state index contributed by atoms with van der Waals surface area (Å²) in [6.45, 7) is 0. The van der Waals surface area contributed by atoms with Crippen LogP contribution in [-0.2, 0) is 0 Å². The normalized spacial score (nSPS) is 9.94. The number of nitrogens with zero attached hydrogens (tertiary/aromatic N) is 1. The van der Waals surface area contributed by atoms with Gasteiger partial charge in [-0.25, -0.2) is 4.98 Å². The second kappa shape index (κ2) is 5.35. The van der Waals surface area contributed by atoms with Crippen LogP contribution in [0.3, 0.4) is 0 Å². The quantitative estimate of drug-likeness (QED) is 0.845. The summed E-state index contributed by atoms with van der Waals surface area (Å²) in [7, 11) is 3.14. The van der Waals surface area contributed by atoms with Crippen LogP contribution in [-0.4, -0.2) is 19.2 Å². The minimum Gasteiger partial charge on any atom is -0.493 e. The molecule has 0 saturated heterocycles. The third-order valence-corrected chi connectivity index (χ3v) is 2.40. The number of nitrogens with one attached hydrogen (secondary N) is 1. The molecule has 0 bridgehead atoms. The zero-order valence-corrected chi connectivity index (χ0v) is 10.1. The van der Waals surface area contributed by atoms with Crippen LogP contribution in [0.15, 0.2) is 36.5 Å². The number of hydrogen-bond donors (Lipinski definition) is 1. The fourth-order valence-electron chi connectivity index (χ4n) is 1.56. The van der Waals surface area contributed by atoms with Crippen molar-refractivity contribution in [3.8, 4) is 11.5 Å². The molecular weight excluding hydrogens is 235 g/mol. The summed E-state index contributed by atoms with van der Waals surface area (Å²) in [5, 5.41) is 3.06. The number of hydrogen-bond acceptors (Lipinski definition) is 4. The summed E-state index contributed by atoms with van der Waals surface area (Å²) in [4.78, 5) is 3.49. The van der Waals surface area contributed by atoms with Crippen molar-refractivity contribution in [3.63, 3.8) is 0 Å². The molecule has 5 heteroatoms. The molecule has 0 radical (unpaired) electrons. The van der Waals surface area contributed by atoms with Gasteiger partial charge < -0.3 is 14.8 Å². The second-order valence-corrected chi connectivity index (χ2v) is 3.56. The number of aromatic nitrogens is 1. The van der Waals surface area contributed by atoms with Crippen molar-refractivity contribution in [2.24, 2.45) is 0 Å². The van der Waals surface area contributed by atoms with Crippen LogP contribution in [0, 0.1) is 5.95 Å². The van der Waals surface area contributed by atoms with Gasteiger partial charge in [0.15, 0.2) is 11.5 Å². The fraction of sp³-hybridized carbons (Fsp3) is 0.154. The Morgan fingerprint density at radius 1 is 1.00 bits per heavy atom. The van der Waals surface area contributed by atoms with Gasteiger partial charge in [-0.05, 0) is 18.2 Å². The number of anilines is 2. The van der Waals surface area contributed by atoms with E-state index in [9.17, 15) is 4.39 Å². The van der Waals surface area contributed by atoms with E-state index in [0.717, 1.165) is 5.69 Å². The van der Waals surface area contributed by atoms with E-state index in [1.165, 1.54) is 12.3 Å². The van der Waals surface area contributed by atoms with Crippen molar-refractivity contribution in [2.75, 3.05) is 19.5 Å². The van der Waals surface area contributed by atoms with Crippen LogP contribution >= 0.6 is 0 Å². The molecule has 0 atom stereocenters. The number of methoxy groups -OCH3 is 2. The molecule has 2 rings (SSSR count). The van der Waals surface area contributed by atoms with Crippen molar-refractivity contribution in [3.05, 3.63) is 42.5 Å². The minimum absolute atomic E-state index is 0.527. The van der Waals surface area contributed by atoms with E-state index < -0.39 is 5.95 Å². The Morgan fingerprint density at radius 3 is 2.39 bits per heavy atom. The van der Waals surface area contributed by atoms with Gasteiger partial charge in [-0.3, -0.25) is 0 Å². The monoisotopic (exact) mass is 248 g/mol. The van der Waals surface area contributed by atoms with Crippen molar-refractivity contribution < 1.29 is 13.9 Å². The molecule has 1 aromatic heterocycles. The van der Waals surface area contributed by atoms with Gasteiger partial charge in [-0.1, -0.05) is 0 Å². The van der Waals surface area contributed by atoms with E-state index in [2.05, 4.69) is 10.3 Å². The minimum atomic E-state index is -0.527. The highest BCUT2D eigenvalue weighted by Crippen LogP contribution is 2.30. The maximum Gasteiger partial charge on any atom is 0.214 e. The molecule has 4 nitrogen and oxygen atoms in total. The highest BCUT2D eigenvalue weighted by atomic mass is 19.1. The highest BCUT2D eigenvalue weighted by molar-refractivity contribution is 5.63. The number of pyridine rings is 1. The lowest BCUT2D eigenvalue weighted by Crippen LogP contribution is -1.95. The molecule has 0 saturated carbocycles. The lowest BCUT2D eigenvalue weighted by Gasteiger charge is -2.11. The van der Waals surface area contributed by atoms with Crippen molar-refractivity contribution in [2.45, 2.75) is 0 Å². The van der Waals surface area contributed by atoms with Gasteiger partial charge in [0.1, 0.15) is 0 Å². The molecule has 0 amide bonds. The molecule has 1 aromatic carbocycles. The Labute approximate surface area is 104 Å². The van der Waals surface area contributed by atoms with Gasteiger partial charge in [0.25, 0.3) is 0 Å². The van der Waals surface area contributed by atoms with Gasteiger partial charge in [0, 0.05) is 29.7 Å². The van der Waals surface area contributed by atoms with Crippen molar-refractivity contribution >= 4 is 11.4 Å². The van der Waals surface area contributed by atoms with Gasteiger partial charge in [0.05, 0.1) is 14.2 Å². The van der Waals surface area contributed by atoms with Crippen LogP contribution in [0.2, 0.25) is 0 Å². The van der Waals surface area contributed by atoms with Crippen LogP contribution < -0.4 is 14.8 Å². The van der Waals surface area contributed by atoms with Gasteiger partial charge >= 0.3 is 0 Å². The molecular formula is C13H13FN2O2. The van der Waals surface area contributed by atoms with Crippen LogP contribution in [0.4, 0.5) is 15.8 Å². The third kappa shape index (κ3) is 2.68. The third-order valence-electron chi connectivity index (χ3n) is 2.40. The topological polar surface area (TPSA) is 43.4 Å². The average molecular weight is 248 g/mol. The van der Waals surface area contributed by atoms with Crippen LogP contribution in [0.1, 0.15) is 0 Å². The number of ether oxygens (including phenoxy) is 2. The molecule has 0 unspecified atom stereocenters. The lowest BCUT2D eigenvalue weighted by molar-refractivity contribution is 0.355. The van der Waals surface area contributed by atoms with E-state index >= 15 is 0 Å². The Morgan fingerprint density at radius 2 is 1.72 bits per heavy atom. The molecule has 0 aliphatic rings. The average Bonchev–Trinajstić information content (AvgIpc) is 2.38. The molecule has 1 heterocycles. The first-order chi connectivity index (χ1) is 8.72. The summed E-state index contributed by atoms with van der Waals surface area (Å²) in [6.07, 6.45) is 1.40. The lowest BCUT2D eigenvalue weighted by atomic mass is 10.2. The largest absolute Gasteiger partial charge is 0.493 e. The predicted octanol–water partition coefficient (Wildman–Crippen LogP) is 2.98. The van der Waals surface area contributed by atoms with Crippen molar-refractivity contribution in [1.82, 2.24) is 4.98 Å². The Bertz CT molecular complexity index is 546. The van der Waals surface area contributed by atoms with Gasteiger partial charge in [0.2, 0.25) is 5.95 Å². The zero-order valence-electron chi connectivity index (χ0n) is 10.1. The Hall–Kier alpha value is -2.30. The second-order valence-electron chi connectivity index (χ2n) is 3.56. The SMILES string of the molecule is COc1ccc(Nc2ccnc(F)c2)cc1OC. The maximum atomic E-state index is 12.9. The summed E-state index contributed by atoms with van der Waals surface area (Å²) in [6, 6.07) is 8.37. The van der Waals surface area contributed by atoms with Crippen LogP contribution in [0.25, 0.3) is 0 Å². The van der Waals surface area contributed by atoms with E-state index in [0.29, 0.717) is 17.2 Å². The predicted molar refractivity (Wildman–Crippen MR) is 67.0 cm³/mol. The smallest absolute Gasteiger partial charge is 0.214 e. The number of benzene rings is 1. The van der Waals surface area contributed by atoms with Gasteiger partial charge in [-0.2, -0.15) is 4.39 Å². The molecule has 94 valence electrons. The van der Waals surface area contributed by atoms with E-state index in [1.54, 1.807) is 32.4 Å². The molecule has 0 fully saturated rings. The Kier molecular flexibility index (Phi) is 3.62. The van der Waals surface area contributed by atoms with Gasteiger partial charge in [-0.15, -0.1) is 0 Å². The molecule has 1 N–H and O–H groups in total.